The van der Waals surface area contributed by atoms with Gasteiger partial charge in [0.2, 0.25) is 12.2 Å². The van der Waals surface area contributed by atoms with Crippen molar-refractivity contribution in [3.05, 3.63) is 48.0 Å². The molecule has 0 fully saturated rings. The number of carboxylic acid groups (broad SMARTS) is 1. The summed E-state index contributed by atoms with van der Waals surface area (Å²) < 4.78 is 0. The Morgan fingerprint density at radius 3 is 2.58 bits per heavy atom. The summed E-state index contributed by atoms with van der Waals surface area (Å²) in [5.74, 6) is -2.27. The number of aliphatic carboxylic acids is 1. The highest BCUT2D eigenvalue weighted by Crippen LogP contribution is 2.21. The van der Waals surface area contributed by atoms with Crippen LogP contribution in [-0.2, 0) is 20.8 Å². The van der Waals surface area contributed by atoms with Gasteiger partial charge in [0.05, 0.1) is 0 Å². The average molecular weight is 355 g/mol. The lowest BCUT2D eigenvalue weighted by molar-refractivity contribution is -0.138. The molecule has 2 rings (SSSR count). The molecule has 0 bridgehead atoms. The van der Waals surface area contributed by atoms with Gasteiger partial charge in [-0.2, -0.15) is 0 Å². The molecule has 6 heteroatoms. The normalized spacial score (nSPS) is 13.1. The number of carbonyl (C=O) groups excluding carboxylic acids is 2. The number of unbranched alkanes of at least 4 members (excludes halogenated alkanes) is 1. The maximum absolute atomic E-state index is 12.2. The van der Waals surface area contributed by atoms with Crippen LogP contribution >= 0.6 is 0 Å². The average Bonchev–Trinajstić information content (AvgIpc) is 2.65. The van der Waals surface area contributed by atoms with Crippen molar-refractivity contribution in [3.63, 3.8) is 0 Å². The van der Waals surface area contributed by atoms with Crippen LogP contribution in [0.4, 0.5) is 0 Å². The Balaban J connectivity index is 1.86. The first-order chi connectivity index (χ1) is 12.5. The predicted molar refractivity (Wildman–Crippen MR) is 99.3 cm³/mol. The van der Waals surface area contributed by atoms with Crippen molar-refractivity contribution in [1.82, 2.24) is 5.32 Å². The topological polar surface area (TPSA) is 109 Å². The monoisotopic (exact) mass is 355 g/mol. The second-order valence-corrected chi connectivity index (χ2v) is 6.24. The molecule has 2 atom stereocenters. The fourth-order valence-corrected chi connectivity index (χ4v) is 2.83. The maximum atomic E-state index is 12.2. The fraction of sp³-hybridized carbons (Fsp3) is 0.350. The quantitative estimate of drug-likeness (QED) is 0.445. The Hall–Kier alpha value is -2.73. The molecule has 0 aliphatic heterocycles. The van der Waals surface area contributed by atoms with Crippen molar-refractivity contribution in [2.75, 3.05) is 6.54 Å². The van der Waals surface area contributed by atoms with Crippen LogP contribution in [0.3, 0.4) is 0 Å². The Labute approximate surface area is 152 Å². The van der Waals surface area contributed by atoms with Crippen LogP contribution in [0.2, 0.25) is 0 Å². The van der Waals surface area contributed by atoms with Gasteiger partial charge in [0, 0.05) is 6.54 Å². The predicted octanol–water partition coefficient (Wildman–Crippen LogP) is 1.81. The number of fused-ring (bicyclic) bond motifs is 1. The summed E-state index contributed by atoms with van der Waals surface area (Å²) in [6, 6.07) is 12.7. The SMILES string of the molecule is NC(CCCCNC(=O)C([C]=O)Cc1cccc2ccccc12)C(=O)O. The van der Waals surface area contributed by atoms with Gasteiger partial charge in [0.15, 0.2) is 0 Å². The zero-order valence-electron chi connectivity index (χ0n) is 14.5. The minimum atomic E-state index is -1.03. The van der Waals surface area contributed by atoms with Crippen LogP contribution in [0.1, 0.15) is 24.8 Å². The molecular weight excluding hydrogens is 332 g/mol. The maximum Gasteiger partial charge on any atom is 0.320 e. The summed E-state index contributed by atoms with van der Waals surface area (Å²) in [5.41, 5.74) is 6.35. The van der Waals surface area contributed by atoms with E-state index in [1.54, 1.807) is 0 Å². The first-order valence-electron chi connectivity index (χ1n) is 8.63. The van der Waals surface area contributed by atoms with E-state index in [0.717, 1.165) is 16.3 Å². The van der Waals surface area contributed by atoms with Gasteiger partial charge in [-0.25, -0.2) is 0 Å². The smallest absolute Gasteiger partial charge is 0.320 e. The number of rotatable bonds is 10. The van der Waals surface area contributed by atoms with Gasteiger partial charge in [0.25, 0.3) is 0 Å². The number of amides is 1. The molecule has 0 aliphatic carbocycles. The van der Waals surface area contributed by atoms with E-state index in [-0.39, 0.29) is 5.91 Å². The number of hydrogen-bond acceptors (Lipinski definition) is 4. The third-order valence-corrected chi connectivity index (χ3v) is 4.32. The molecule has 0 heterocycles. The van der Waals surface area contributed by atoms with Crippen LogP contribution in [0.15, 0.2) is 42.5 Å². The van der Waals surface area contributed by atoms with Crippen molar-refractivity contribution in [3.8, 4) is 0 Å². The summed E-state index contributed by atoms with van der Waals surface area (Å²) in [6.07, 6.45) is 3.67. The number of carbonyl (C=O) groups is 2. The minimum Gasteiger partial charge on any atom is -0.480 e. The van der Waals surface area contributed by atoms with Crippen LogP contribution in [0.5, 0.6) is 0 Å². The molecule has 0 saturated heterocycles. The largest absolute Gasteiger partial charge is 0.480 e. The second kappa shape index (κ2) is 9.68. The Morgan fingerprint density at radius 1 is 1.12 bits per heavy atom. The Bertz CT molecular complexity index is 770. The molecule has 2 unspecified atom stereocenters. The van der Waals surface area contributed by atoms with Crippen molar-refractivity contribution in [1.29, 1.82) is 0 Å². The highest BCUT2D eigenvalue weighted by Gasteiger charge is 2.20. The van der Waals surface area contributed by atoms with Crippen LogP contribution in [0.25, 0.3) is 10.8 Å². The molecule has 0 saturated carbocycles. The third-order valence-electron chi connectivity index (χ3n) is 4.32. The van der Waals surface area contributed by atoms with E-state index < -0.39 is 17.9 Å². The molecule has 0 aromatic heterocycles. The zero-order valence-corrected chi connectivity index (χ0v) is 14.5. The highest BCUT2D eigenvalue weighted by atomic mass is 16.4. The molecule has 6 nitrogen and oxygen atoms in total. The van der Waals surface area contributed by atoms with Crippen LogP contribution < -0.4 is 11.1 Å². The van der Waals surface area contributed by atoms with Crippen LogP contribution in [-0.4, -0.2) is 35.9 Å². The zero-order chi connectivity index (χ0) is 18.9. The first-order valence-corrected chi connectivity index (χ1v) is 8.63. The summed E-state index contributed by atoms with van der Waals surface area (Å²) in [4.78, 5) is 34.1. The summed E-state index contributed by atoms with van der Waals surface area (Å²) in [6.45, 7) is 0.374. The van der Waals surface area contributed by atoms with E-state index >= 15 is 0 Å². The molecule has 2 aromatic carbocycles. The first kappa shape index (κ1) is 19.6. The lowest BCUT2D eigenvalue weighted by atomic mass is 9.95. The molecule has 1 amide bonds. The summed E-state index contributed by atoms with van der Waals surface area (Å²) in [5, 5.41) is 13.5. The van der Waals surface area contributed by atoms with Gasteiger partial charge in [0.1, 0.15) is 12.0 Å². The standard InChI is InChI=1S/C20H23N2O4/c21-18(20(25)26)10-3-4-11-22-19(24)16(13-23)12-15-8-5-7-14-6-1-2-9-17(14)15/h1-2,5-9,16,18H,3-4,10-12,21H2,(H,22,24)(H,25,26). The number of benzene rings is 2. The van der Waals surface area contributed by atoms with Crippen molar-refractivity contribution >= 4 is 28.9 Å². The highest BCUT2D eigenvalue weighted by molar-refractivity contribution is 5.93. The van der Waals surface area contributed by atoms with Gasteiger partial charge < -0.3 is 16.2 Å². The molecule has 0 spiro atoms. The van der Waals surface area contributed by atoms with E-state index in [1.807, 2.05) is 48.8 Å². The van der Waals surface area contributed by atoms with Crippen LogP contribution in [0, 0.1) is 5.92 Å². The molecule has 137 valence electrons. The van der Waals surface area contributed by atoms with E-state index in [0.29, 0.717) is 32.2 Å². The van der Waals surface area contributed by atoms with Gasteiger partial charge in [-0.15, -0.1) is 0 Å². The van der Waals surface area contributed by atoms with Crippen molar-refractivity contribution < 1.29 is 19.5 Å². The van der Waals surface area contributed by atoms with Crippen molar-refractivity contribution in [2.45, 2.75) is 31.7 Å². The molecule has 0 aliphatic rings. The second-order valence-electron chi connectivity index (χ2n) is 6.24. The third kappa shape index (κ3) is 5.39. The lowest BCUT2D eigenvalue weighted by Crippen LogP contribution is -2.34. The lowest BCUT2D eigenvalue weighted by Gasteiger charge is -2.13. The van der Waals surface area contributed by atoms with Gasteiger partial charge in [-0.3, -0.25) is 14.4 Å². The molecule has 4 N–H and O–H groups in total. The van der Waals surface area contributed by atoms with E-state index in [4.69, 9.17) is 10.8 Å². The molecule has 2 aromatic rings. The summed E-state index contributed by atoms with van der Waals surface area (Å²) >= 11 is 0. The van der Waals surface area contributed by atoms with E-state index in [2.05, 4.69) is 5.32 Å². The number of carboxylic acids is 1. The van der Waals surface area contributed by atoms with Gasteiger partial charge >= 0.3 is 5.97 Å². The molecule has 26 heavy (non-hydrogen) atoms. The minimum absolute atomic E-state index is 0.292. The molecular formula is C20H23N2O4. The van der Waals surface area contributed by atoms with Gasteiger partial charge in [-0.05, 0) is 42.0 Å². The molecule has 1 radical (unpaired) electrons. The van der Waals surface area contributed by atoms with E-state index in [9.17, 15) is 14.4 Å². The fourth-order valence-electron chi connectivity index (χ4n) is 2.83. The number of nitrogens with two attached hydrogens (primary N) is 1. The summed E-state index contributed by atoms with van der Waals surface area (Å²) in [7, 11) is 0. The Kier molecular flexibility index (Phi) is 7.29. The van der Waals surface area contributed by atoms with E-state index in [1.165, 1.54) is 0 Å². The van der Waals surface area contributed by atoms with Gasteiger partial charge in [-0.1, -0.05) is 42.5 Å². The number of nitrogens with one attached hydrogen (secondary N) is 1. The Morgan fingerprint density at radius 2 is 1.85 bits per heavy atom. The number of hydrogen-bond donors (Lipinski definition) is 3. The van der Waals surface area contributed by atoms with Crippen molar-refractivity contribution in [2.24, 2.45) is 11.7 Å².